The van der Waals surface area contributed by atoms with E-state index in [0.29, 0.717) is 17.5 Å². The van der Waals surface area contributed by atoms with Gasteiger partial charge in [-0.3, -0.25) is 0 Å². The van der Waals surface area contributed by atoms with Crippen molar-refractivity contribution in [3.05, 3.63) is 30.4 Å². The molecule has 3 heterocycles. The molecule has 4 rings (SSSR count). The number of aromatic nitrogens is 3. The van der Waals surface area contributed by atoms with Gasteiger partial charge >= 0.3 is 0 Å². The molecule has 2 aromatic rings. The molecule has 0 saturated heterocycles. The highest BCUT2D eigenvalue weighted by Crippen LogP contribution is 2.31. The minimum Gasteiger partial charge on any atom is -0.476 e. The number of imidazole rings is 1. The maximum Gasteiger partial charge on any atom is 0.239 e. The Bertz CT molecular complexity index is 649. The lowest BCUT2D eigenvalue weighted by Crippen LogP contribution is -2.34. The van der Waals surface area contributed by atoms with E-state index in [2.05, 4.69) is 19.4 Å². The number of nitrogen functional groups attached to an aromatic ring is 1. The van der Waals surface area contributed by atoms with Crippen molar-refractivity contribution in [2.75, 3.05) is 23.8 Å². The van der Waals surface area contributed by atoms with E-state index in [-0.39, 0.29) is 0 Å². The molecule has 6 heteroatoms. The first-order valence-electron chi connectivity index (χ1n) is 7.44. The van der Waals surface area contributed by atoms with Crippen LogP contribution >= 0.6 is 0 Å². The lowest BCUT2D eigenvalue weighted by Gasteiger charge is -2.28. The second-order valence-corrected chi connectivity index (χ2v) is 5.78. The Morgan fingerprint density at radius 2 is 2.19 bits per heavy atom. The smallest absolute Gasteiger partial charge is 0.239 e. The van der Waals surface area contributed by atoms with Crippen LogP contribution in [-0.2, 0) is 13.1 Å². The van der Waals surface area contributed by atoms with Crippen molar-refractivity contribution < 1.29 is 4.74 Å². The van der Waals surface area contributed by atoms with E-state index in [1.807, 2.05) is 24.5 Å². The van der Waals surface area contributed by atoms with Crippen molar-refractivity contribution >= 4 is 11.5 Å². The summed E-state index contributed by atoms with van der Waals surface area (Å²) in [4.78, 5) is 11.2. The summed E-state index contributed by atoms with van der Waals surface area (Å²) in [6, 6.07) is 3.84. The third-order valence-corrected chi connectivity index (χ3v) is 4.10. The molecule has 0 amide bonds. The van der Waals surface area contributed by atoms with Crippen LogP contribution in [0.5, 0.6) is 5.88 Å². The Kier molecular flexibility index (Phi) is 2.94. The highest BCUT2D eigenvalue weighted by Gasteiger charge is 2.23. The van der Waals surface area contributed by atoms with Crippen LogP contribution in [0, 0.1) is 5.92 Å². The van der Waals surface area contributed by atoms with Crippen LogP contribution in [0.15, 0.2) is 24.5 Å². The van der Waals surface area contributed by atoms with Crippen molar-refractivity contribution in [2.24, 2.45) is 5.92 Å². The third kappa shape index (κ3) is 2.53. The topological polar surface area (TPSA) is 69.2 Å². The monoisotopic (exact) mass is 285 g/mol. The van der Waals surface area contributed by atoms with Gasteiger partial charge in [-0.15, -0.1) is 0 Å². The van der Waals surface area contributed by atoms with E-state index in [0.717, 1.165) is 37.9 Å². The summed E-state index contributed by atoms with van der Waals surface area (Å²) in [6.07, 6.45) is 6.38. The Labute approximate surface area is 123 Å². The molecular weight excluding hydrogens is 266 g/mol. The lowest BCUT2D eigenvalue weighted by molar-refractivity contribution is 0.290. The van der Waals surface area contributed by atoms with Gasteiger partial charge in [0.05, 0.1) is 18.8 Å². The zero-order valence-corrected chi connectivity index (χ0v) is 11.9. The van der Waals surface area contributed by atoms with Crippen molar-refractivity contribution in [2.45, 2.75) is 25.9 Å². The van der Waals surface area contributed by atoms with E-state index in [4.69, 9.17) is 10.5 Å². The van der Waals surface area contributed by atoms with Crippen molar-refractivity contribution in [1.82, 2.24) is 14.5 Å². The summed E-state index contributed by atoms with van der Waals surface area (Å²) in [6.45, 7) is 3.35. The number of rotatable bonds is 4. The van der Waals surface area contributed by atoms with Gasteiger partial charge in [0, 0.05) is 25.5 Å². The number of ether oxygens (including phenoxy) is 1. The van der Waals surface area contributed by atoms with E-state index in [9.17, 15) is 0 Å². The molecular formula is C15H19N5O. The molecule has 0 atom stereocenters. The number of nitrogens with zero attached hydrogens (tertiary/aromatic N) is 4. The summed E-state index contributed by atoms with van der Waals surface area (Å²) in [5.74, 6) is 3.23. The van der Waals surface area contributed by atoms with Crippen LogP contribution in [0.3, 0.4) is 0 Å². The molecule has 0 radical (unpaired) electrons. The second kappa shape index (κ2) is 4.95. The summed E-state index contributed by atoms with van der Waals surface area (Å²) >= 11 is 0. The minimum atomic E-state index is 0.563. The third-order valence-electron chi connectivity index (χ3n) is 4.10. The number of hydrogen-bond acceptors (Lipinski definition) is 5. The first kappa shape index (κ1) is 12.5. The van der Waals surface area contributed by atoms with Crippen molar-refractivity contribution in [3.8, 4) is 5.88 Å². The standard InChI is InChI=1S/C15H19N5O/c16-12-3-4-13(18-15(12)21-10-11-1-2-11)20-8-7-19-6-5-17-14(19)9-20/h3-6,11H,1-2,7-10,16H2. The number of fused-ring (bicyclic) bond motifs is 1. The van der Waals surface area contributed by atoms with E-state index >= 15 is 0 Å². The molecule has 1 aliphatic heterocycles. The molecule has 2 aliphatic rings. The molecule has 0 unspecified atom stereocenters. The zero-order valence-electron chi connectivity index (χ0n) is 11.9. The molecule has 1 aliphatic carbocycles. The molecule has 2 aromatic heterocycles. The highest BCUT2D eigenvalue weighted by molar-refractivity contribution is 5.54. The fraction of sp³-hybridized carbons (Fsp3) is 0.467. The zero-order chi connectivity index (χ0) is 14.2. The average Bonchev–Trinajstić information content (AvgIpc) is 3.21. The Morgan fingerprint density at radius 3 is 3.05 bits per heavy atom. The van der Waals surface area contributed by atoms with Gasteiger partial charge in [0.25, 0.3) is 0 Å². The number of nitrogens with two attached hydrogens (primary N) is 1. The first-order valence-corrected chi connectivity index (χ1v) is 7.44. The fourth-order valence-electron chi connectivity index (χ4n) is 2.58. The van der Waals surface area contributed by atoms with Crippen LogP contribution in [0.4, 0.5) is 11.5 Å². The summed E-state index contributed by atoms with van der Waals surface area (Å²) in [5, 5.41) is 0. The number of pyridine rings is 1. The predicted octanol–water partition coefficient (Wildman–Crippen LogP) is 1.67. The Balaban J connectivity index is 1.53. The summed E-state index contributed by atoms with van der Waals surface area (Å²) in [7, 11) is 0. The quantitative estimate of drug-likeness (QED) is 0.925. The maximum absolute atomic E-state index is 5.96. The number of anilines is 2. The molecule has 6 nitrogen and oxygen atoms in total. The van der Waals surface area contributed by atoms with Gasteiger partial charge in [0.15, 0.2) is 0 Å². The van der Waals surface area contributed by atoms with Crippen LogP contribution in [0.2, 0.25) is 0 Å². The van der Waals surface area contributed by atoms with Gasteiger partial charge in [-0.05, 0) is 30.9 Å². The molecule has 0 aromatic carbocycles. The Morgan fingerprint density at radius 1 is 1.29 bits per heavy atom. The fourth-order valence-corrected chi connectivity index (χ4v) is 2.58. The summed E-state index contributed by atoms with van der Waals surface area (Å²) < 4.78 is 7.94. The van der Waals surface area contributed by atoms with Crippen molar-refractivity contribution in [1.29, 1.82) is 0 Å². The maximum atomic E-state index is 5.96. The molecule has 2 N–H and O–H groups in total. The van der Waals surface area contributed by atoms with Crippen LogP contribution in [0.1, 0.15) is 18.7 Å². The van der Waals surface area contributed by atoms with Gasteiger partial charge in [-0.1, -0.05) is 0 Å². The van der Waals surface area contributed by atoms with Gasteiger partial charge in [-0.25, -0.2) is 4.98 Å². The van der Waals surface area contributed by atoms with E-state index in [1.165, 1.54) is 12.8 Å². The van der Waals surface area contributed by atoms with Crippen LogP contribution in [0.25, 0.3) is 0 Å². The van der Waals surface area contributed by atoms with Gasteiger partial charge < -0.3 is 19.9 Å². The largest absolute Gasteiger partial charge is 0.476 e. The highest BCUT2D eigenvalue weighted by atomic mass is 16.5. The molecule has 1 fully saturated rings. The predicted molar refractivity (Wildman–Crippen MR) is 80.1 cm³/mol. The lowest BCUT2D eigenvalue weighted by atomic mass is 10.3. The van der Waals surface area contributed by atoms with E-state index in [1.54, 1.807) is 0 Å². The Hall–Kier alpha value is -2.24. The molecule has 0 spiro atoms. The second-order valence-electron chi connectivity index (χ2n) is 5.78. The summed E-state index contributed by atoms with van der Waals surface area (Å²) in [5.41, 5.74) is 6.57. The van der Waals surface area contributed by atoms with Crippen molar-refractivity contribution in [3.63, 3.8) is 0 Å². The van der Waals surface area contributed by atoms with Gasteiger partial charge in [0.2, 0.25) is 5.88 Å². The molecule has 110 valence electrons. The molecule has 21 heavy (non-hydrogen) atoms. The van der Waals surface area contributed by atoms with Gasteiger partial charge in [-0.2, -0.15) is 4.98 Å². The SMILES string of the molecule is Nc1ccc(N2CCn3ccnc3C2)nc1OCC1CC1. The molecule has 0 bridgehead atoms. The van der Waals surface area contributed by atoms with E-state index < -0.39 is 0 Å². The van der Waals surface area contributed by atoms with Gasteiger partial charge in [0.1, 0.15) is 11.6 Å². The first-order chi connectivity index (χ1) is 10.3. The minimum absolute atomic E-state index is 0.563. The normalized spacial score (nSPS) is 17.6. The molecule has 1 saturated carbocycles. The average molecular weight is 285 g/mol. The van der Waals surface area contributed by atoms with Crippen LogP contribution in [-0.4, -0.2) is 27.7 Å². The van der Waals surface area contributed by atoms with Crippen LogP contribution < -0.4 is 15.4 Å². The number of hydrogen-bond donors (Lipinski definition) is 1.